The second kappa shape index (κ2) is 11.5. The molecule has 0 amide bonds. The molecule has 2 nitrogen and oxygen atoms in total. The minimum Gasteiger partial charge on any atom is -0.344 e. The highest BCUT2D eigenvalue weighted by Crippen LogP contribution is 2.36. The van der Waals surface area contributed by atoms with Gasteiger partial charge < -0.3 is 9.47 Å². The molecule has 0 bridgehead atoms. The topological polar surface area (TPSA) is 18.5 Å². The Bertz CT molecular complexity index is 280. The van der Waals surface area contributed by atoms with E-state index in [1.165, 1.54) is 51.4 Å². The molecule has 0 saturated heterocycles. The van der Waals surface area contributed by atoms with Crippen molar-refractivity contribution in [1.29, 1.82) is 0 Å². The Labute approximate surface area is 153 Å². The van der Waals surface area contributed by atoms with Gasteiger partial charge in [0.25, 0.3) is 0 Å². The maximum Gasteiger partial charge on any atom is 0.169 e. The van der Waals surface area contributed by atoms with Crippen LogP contribution in [0.5, 0.6) is 0 Å². The van der Waals surface area contributed by atoms with Crippen LogP contribution in [-0.2, 0) is 9.47 Å². The summed E-state index contributed by atoms with van der Waals surface area (Å²) in [6.07, 6.45) is 13.6. The zero-order valence-electron chi connectivity index (χ0n) is 18.1. The highest BCUT2D eigenvalue weighted by Gasteiger charge is 2.38. The van der Waals surface area contributed by atoms with Crippen LogP contribution in [0, 0.1) is 0 Å². The lowest BCUT2D eigenvalue weighted by molar-refractivity contribution is -0.317. The van der Waals surface area contributed by atoms with Crippen LogP contribution < -0.4 is 0 Å². The van der Waals surface area contributed by atoms with Gasteiger partial charge in [-0.25, -0.2) is 0 Å². The normalized spacial score (nSPS) is 13.5. The molecule has 0 radical (unpaired) electrons. The monoisotopic (exact) mass is 342 g/mol. The van der Waals surface area contributed by atoms with Gasteiger partial charge in [0.05, 0.1) is 11.2 Å². The van der Waals surface area contributed by atoms with Gasteiger partial charge in [-0.2, -0.15) is 0 Å². The smallest absolute Gasteiger partial charge is 0.169 e. The molecule has 0 aliphatic rings. The third-order valence-electron chi connectivity index (χ3n) is 4.06. The molecule has 0 spiro atoms. The summed E-state index contributed by atoms with van der Waals surface area (Å²) in [6, 6.07) is 0. The second-order valence-corrected chi connectivity index (χ2v) is 9.31. The molecule has 0 unspecified atom stereocenters. The standard InChI is InChI=1S/C22H46O2/c1-9-11-13-14-15-16-17-19-22(18-12-10-2,23-20(3,4)5)24-21(6,7)8/h9-19H2,1-8H3. The van der Waals surface area contributed by atoms with Crippen LogP contribution in [0.25, 0.3) is 0 Å². The predicted molar refractivity (Wildman–Crippen MR) is 107 cm³/mol. The molecule has 0 atom stereocenters. The maximum atomic E-state index is 6.53. The zero-order chi connectivity index (χ0) is 18.7. The largest absolute Gasteiger partial charge is 0.344 e. The average molecular weight is 343 g/mol. The molecule has 24 heavy (non-hydrogen) atoms. The highest BCUT2D eigenvalue weighted by atomic mass is 16.7. The summed E-state index contributed by atoms with van der Waals surface area (Å²) < 4.78 is 13.1. The van der Waals surface area contributed by atoms with Crippen molar-refractivity contribution in [1.82, 2.24) is 0 Å². The van der Waals surface area contributed by atoms with Crippen LogP contribution in [0.15, 0.2) is 0 Å². The fourth-order valence-corrected chi connectivity index (χ4v) is 3.26. The van der Waals surface area contributed by atoms with E-state index in [-0.39, 0.29) is 11.2 Å². The van der Waals surface area contributed by atoms with Crippen molar-refractivity contribution >= 4 is 0 Å². The fourth-order valence-electron chi connectivity index (χ4n) is 3.26. The summed E-state index contributed by atoms with van der Waals surface area (Å²) in [5.41, 5.74) is -0.361. The molecule has 0 aromatic rings. The van der Waals surface area contributed by atoms with E-state index in [4.69, 9.17) is 9.47 Å². The summed E-state index contributed by atoms with van der Waals surface area (Å²) >= 11 is 0. The number of hydrogen-bond donors (Lipinski definition) is 0. The Morgan fingerprint density at radius 1 is 0.500 bits per heavy atom. The Balaban J connectivity index is 4.73. The first-order chi connectivity index (χ1) is 11.0. The lowest BCUT2D eigenvalue weighted by Gasteiger charge is -2.43. The van der Waals surface area contributed by atoms with E-state index in [1.54, 1.807) is 0 Å². The number of hydrogen-bond acceptors (Lipinski definition) is 2. The molecule has 0 fully saturated rings. The van der Waals surface area contributed by atoms with Gasteiger partial charge >= 0.3 is 0 Å². The van der Waals surface area contributed by atoms with E-state index in [0.29, 0.717) is 0 Å². The van der Waals surface area contributed by atoms with Crippen molar-refractivity contribution in [2.24, 2.45) is 0 Å². The van der Waals surface area contributed by atoms with Crippen molar-refractivity contribution in [2.45, 2.75) is 143 Å². The summed E-state index contributed by atoms with van der Waals surface area (Å²) in [5, 5.41) is 0. The van der Waals surface area contributed by atoms with Crippen LogP contribution in [0.1, 0.15) is 126 Å². The van der Waals surface area contributed by atoms with E-state index < -0.39 is 5.79 Å². The number of ether oxygens (including phenoxy) is 2. The molecule has 0 saturated carbocycles. The molecule has 0 aliphatic carbocycles. The summed E-state index contributed by atoms with van der Waals surface area (Å²) in [6.45, 7) is 17.4. The fraction of sp³-hybridized carbons (Fsp3) is 1.00. The lowest BCUT2D eigenvalue weighted by atomic mass is 9.97. The molecule has 0 rings (SSSR count). The minimum absolute atomic E-state index is 0.180. The van der Waals surface area contributed by atoms with Crippen molar-refractivity contribution in [2.75, 3.05) is 0 Å². The van der Waals surface area contributed by atoms with E-state index in [2.05, 4.69) is 55.4 Å². The van der Waals surface area contributed by atoms with Crippen molar-refractivity contribution < 1.29 is 9.47 Å². The minimum atomic E-state index is -0.435. The molecule has 146 valence electrons. The van der Waals surface area contributed by atoms with Crippen molar-refractivity contribution in [3.63, 3.8) is 0 Å². The number of rotatable bonds is 13. The van der Waals surface area contributed by atoms with Crippen LogP contribution >= 0.6 is 0 Å². The Hall–Kier alpha value is -0.0800. The Kier molecular flexibility index (Phi) is 11.5. The van der Waals surface area contributed by atoms with Gasteiger partial charge in [0.2, 0.25) is 0 Å². The first kappa shape index (κ1) is 23.9. The SMILES string of the molecule is CCCCCCCCCC(CCCC)(OC(C)(C)C)OC(C)(C)C. The molecule has 0 heterocycles. The molecule has 0 aromatic heterocycles. The molecule has 2 heteroatoms. The van der Waals surface area contributed by atoms with Gasteiger partial charge in [-0.3, -0.25) is 0 Å². The quantitative estimate of drug-likeness (QED) is 0.253. The van der Waals surface area contributed by atoms with Crippen LogP contribution in [-0.4, -0.2) is 17.0 Å². The van der Waals surface area contributed by atoms with Crippen LogP contribution in [0.3, 0.4) is 0 Å². The third-order valence-corrected chi connectivity index (χ3v) is 4.06. The van der Waals surface area contributed by atoms with E-state index >= 15 is 0 Å². The van der Waals surface area contributed by atoms with Crippen LogP contribution in [0.4, 0.5) is 0 Å². The van der Waals surface area contributed by atoms with Crippen LogP contribution in [0.2, 0.25) is 0 Å². The maximum absolute atomic E-state index is 6.53. The van der Waals surface area contributed by atoms with Gasteiger partial charge in [-0.1, -0.05) is 58.8 Å². The Morgan fingerprint density at radius 3 is 1.29 bits per heavy atom. The predicted octanol–water partition coefficient (Wildman–Crippen LogP) is 7.64. The zero-order valence-corrected chi connectivity index (χ0v) is 18.1. The van der Waals surface area contributed by atoms with Gasteiger partial charge in [-0.05, 0) is 54.4 Å². The summed E-state index contributed by atoms with van der Waals surface area (Å²) in [4.78, 5) is 0. The Morgan fingerprint density at radius 2 is 0.875 bits per heavy atom. The van der Waals surface area contributed by atoms with E-state index in [0.717, 1.165) is 19.3 Å². The van der Waals surface area contributed by atoms with Crippen molar-refractivity contribution in [3.05, 3.63) is 0 Å². The number of unbranched alkanes of at least 4 members (excludes halogenated alkanes) is 7. The van der Waals surface area contributed by atoms with E-state index in [9.17, 15) is 0 Å². The summed E-state index contributed by atoms with van der Waals surface area (Å²) in [5.74, 6) is -0.435. The van der Waals surface area contributed by atoms with Crippen molar-refractivity contribution in [3.8, 4) is 0 Å². The third kappa shape index (κ3) is 13.2. The molecule has 0 N–H and O–H groups in total. The van der Waals surface area contributed by atoms with Gasteiger partial charge in [0, 0.05) is 12.8 Å². The summed E-state index contributed by atoms with van der Waals surface area (Å²) in [7, 11) is 0. The van der Waals surface area contributed by atoms with Gasteiger partial charge in [-0.15, -0.1) is 0 Å². The van der Waals surface area contributed by atoms with E-state index in [1.807, 2.05) is 0 Å². The second-order valence-electron chi connectivity index (χ2n) is 9.31. The lowest BCUT2D eigenvalue weighted by Crippen LogP contribution is -2.47. The van der Waals surface area contributed by atoms with Gasteiger partial charge in [0.1, 0.15) is 0 Å². The first-order valence-corrected chi connectivity index (χ1v) is 10.4. The molecule has 0 aliphatic heterocycles. The first-order valence-electron chi connectivity index (χ1n) is 10.4. The molecule has 0 aromatic carbocycles. The van der Waals surface area contributed by atoms with Gasteiger partial charge in [0.15, 0.2) is 5.79 Å². The average Bonchev–Trinajstić information content (AvgIpc) is 2.40. The molecular weight excluding hydrogens is 296 g/mol. The molecular formula is C22H46O2. The highest BCUT2D eigenvalue weighted by molar-refractivity contribution is 4.79.